The van der Waals surface area contributed by atoms with Crippen molar-refractivity contribution in [3.05, 3.63) is 81.2 Å². The normalized spacial score (nSPS) is 10.7. The Morgan fingerprint density at radius 1 is 1.12 bits per heavy atom. The van der Waals surface area contributed by atoms with E-state index in [1.165, 1.54) is 21.8 Å². The summed E-state index contributed by atoms with van der Waals surface area (Å²) in [6.07, 6.45) is 1.67. The third-order valence-corrected chi connectivity index (χ3v) is 5.37. The summed E-state index contributed by atoms with van der Waals surface area (Å²) in [5, 5.41) is 4.95. The highest BCUT2D eigenvalue weighted by molar-refractivity contribution is 7.15. The van der Waals surface area contributed by atoms with Crippen LogP contribution >= 0.6 is 22.9 Å². The van der Waals surface area contributed by atoms with Gasteiger partial charge in [-0.05, 0) is 42.5 Å². The van der Waals surface area contributed by atoms with Crippen LogP contribution in [-0.4, -0.2) is 29.0 Å². The summed E-state index contributed by atoms with van der Waals surface area (Å²) in [6, 6.07) is 13.2. The maximum absolute atomic E-state index is 12.4. The Labute approximate surface area is 192 Å². The van der Waals surface area contributed by atoms with Crippen LogP contribution in [0.3, 0.4) is 0 Å². The molecular weight excluding hydrogens is 454 g/mol. The van der Waals surface area contributed by atoms with Crippen LogP contribution in [0.25, 0.3) is 4.96 Å². The van der Waals surface area contributed by atoms with Crippen molar-refractivity contribution in [1.29, 1.82) is 0 Å². The minimum atomic E-state index is -0.385. The quantitative estimate of drug-likeness (QED) is 0.417. The van der Waals surface area contributed by atoms with Gasteiger partial charge in [0.05, 0.1) is 18.5 Å². The van der Waals surface area contributed by atoms with Gasteiger partial charge in [0.25, 0.3) is 11.5 Å². The minimum absolute atomic E-state index is 0.0521. The van der Waals surface area contributed by atoms with E-state index < -0.39 is 0 Å². The number of thiazole rings is 1. The van der Waals surface area contributed by atoms with Crippen molar-refractivity contribution >= 4 is 39.5 Å². The lowest BCUT2D eigenvalue weighted by molar-refractivity contribution is -0.118. The Balaban J connectivity index is 1.41. The van der Waals surface area contributed by atoms with E-state index in [0.29, 0.717) is 38.6 Å². The van der Waals surface area contributed by atoms with E-state index in [4.69, 9.17) is 25.8 Å². The van der Waals surface area contributed by atoms with Crippen molar-refractivity contribution in [1.82, 2.24) is 9.38 Å². The van der Waals surface area contributed by atoms with Crippen LogP contribution in [0, 0.1) is 0 Å². The van der Waals surface area contributed by atoms with Gasteiger partial charge in [0.1, 0.15) is 23.9 Å². The number of fused-ring (bicyclic) bond motifs is 1. The molecule has 164 valence electrons. The first-order valence-electron chi connectivity index (χ1n) is 9.46. The molecule has 0 unspecified atom stereocenters. The lowest BCUT2D eigenvalue weighted by Crippen LogP contribution is -2.20. The van der Waals surface area contributed by atoms with Gasteiger partial charge in [0.2, 0.25) is 0 Å². The van der Waals surface area contributed by atoms with Gasteiger partial charge in [0, 0.05) is 22.7 Å². The van der Waals surface area contributed by atoms with E-state index in [9.17, 15) is 9.59 Å². The number of anilines is 1. The molecule has 0 aliphatic carbocycles. The summed E-state index contributed by atoms with van der Waals surface area (Å²) in [5.41, 5.74) is 0.678. The SMILES string of the molecule is COc1ccc(OCC(=O)Nc2cc(Cl)ccc2OCc2cc(=O)n3ccsc3n2)cc1. The number of carbonyl (C=O) groups excluding carboxylic acids is 1. The number of nitrogens with zero attached hydrogens (tertiary/aromatic N) is 2. The van der Waals surface area contributed by atoms with Crippen molar-refractivity contribution in [3.63, 3.8) is 0 Å². The molecule has 0 bridgehead atoms. The molecule has 1 amide bonds. The van der Waals surface area contributed by atoms with Crippen molar-refractivity contribution < 1.29 is 19.0 Å². The molecule has 0 spiro atoms. The number of benzene rings is 2. The average molecular weight is 472 g/mol. The molecule has 0 radical (unpaired) electrons. The zero-order valence-corrected chi connectivity index (χ0v) is 18.5. The van der Waals surface area contributed by atoms with Crippen LogP contribution in [0.4, 0.5) is 5.69 Å². The first-order chi connectivity index (χ1) is 15.5. The number of aromatic nitrogens is 2. The fourth-order valence-electron chi connectivity index (χ4n) is 2.85. The van der Waals surface area contributed by atoms with Gasteiger partial charge < -0.3 is 19.5 Å². The number of halogens is 1. The number of carbonyl (C=O) groups is 1. The Hall–Kier alpha value is -3.56. The molecule has 0 saturated heterocycles. The Morgan fingerprint density at radius 2 is 1.91 bits per heavy atom. The first-order valence-corrected chi connectivity index (χ1v) is 10.7. The number of nitrogens with one attached hydrogen (secondary N) is 1. The molecule has 32 heavy (non-hydrogen) atoms. The summed E-state index contributed by atoms with van der Waals surface area (Å²) in [7, 11) is 1.57. The number of hydrogen-bond donors (Lipinski definition) is 1. The number of rotatable bonds is 8. The van der Waals surface area contributed by atoms with Gasteiger partial charge in [-0.2, -0.15) is 0 Å². The Kier molecular flexibility index (Phi) is 6.58. The Morgan fingerprint density at radius 3 is 2.69 bits per heavy atom. The first kappa shape index (κ1) is 21.7. The third kappa shape index (κ3) is 5.19. The predicted molar refractivity (Wildman–Crippen MR) is 122 cm³/mol. The van der Waals surface area contributed by atoms with Gasteiger partial charge in [-0.15, -0.1) is 11.3 Å². The molecule has 4 aromatic rings. The molecule has 1 N–H and O–H groups in total. The molecule has 8 nitrogen and oxygen atoms in total. The number of hydrogen-bond acceptors (Lipinski definition) is 7. The van der Waals surface area contributed by atoms with Crippen molar-refractivity contribution in [2.45, 2.75) is 6.61 Å². The second-order valence-electron chi connectivity index (χ2n) is 6.58. The van der Waals surface area contributed by atoms with Gasteiger partial charge in [-0.3, -0.25) is 14.0 Å². The molecule has 4 rings (SSSR count). The van der Waals surface area contributed by atoms with Crippen molar-refractivity contribution in [3.8, 4) is 17.2 Å². The zero-order valence-electron chi connectivity index (χ0n) is 16.9. The number of methoxy groups -OCH3 is 1. The standard InChI is InChI=1S/C22H18ClN3O5S/c1-29-16-3-5-17(6-4-16)30-13-20(27)25-18-10-14(23)2-7-19(18)31-12-15-11-21(28)26-8-9-32-22(26)24-15/h2-11H,12-13H2,1H3,(H,25,27). The summed E-state index contributed by atoms with van der Waals surface area (Å²) >= 11 is 7.45. The van der Waals surface area contributed by atoms with Gasteiger partial charge in [-0.25, -0.2) is 4.98 Å². The van der Waals surface area contributed by atoms with Crippen LogP contribution in [0.2, 0.25) is 5.02 Å². The maximum Gasteiger partial charge on any atom is 0.262 e. The molecule has 0 fully saturated rings. The van der Waals surface area contributed by atoms with Crippen molar-refractivity contribution in [2.75, 3.05) is 19.0 Å². The minimum Gasteiger partial charge on any atom is -0.497 e. The predicted octanol–water partition coefficient (Wildman–Crippen LogP) is 4.01. The summed E-state index contributed by atoms with van der Waals surface area (Å²) in [6.45, 7) is -0.151. The molecule has 2 aromatic carbocycles. The molecule has 0 aliphatic rings. The lowest BCUT2D eigenvalue weighted by atomic mass is 10.3. The van der Waals surface area contributed by atoms with Crippen LogP contribution in [-0.2, 0) is 11.4 Å². The fraction of sp³-hybridized carbons (Fsp3) is 0.136. The largest absolute Gasteiger partial charge is 0.497 e. The van der Waals surface area contributed by atoms with Gasteiger partial charge >= 0.3 is 0 Å². The molecule has 2 aromatic heterocycles. The Bertz CT molecular complexity index is 1300. The monoisotopic (exact) mass is 471 g/mol. The van der Waals surface area contributed by atoms with Gasteiger partial charge in [-0.1, -0.05) is 11.6 Å². The second-order valence-corrected chi connectivity index (χ2v) is 7.89. The fourth-order valence-corrected chi connectivity index (χ4v) is 3.76. The van der Waals surface area contributed by atoms with E-state index in [1.54, 1.807) is 61.2 Å². The molecule has 10 heteroatoms. The summed E-state index contributed by atoms with van der Waals surface area (Å²) < 4.78 is 17.9. The molecule has 0 atom stereocenters. The highest BCUT2D eigenvalue weighted by atomic mass is 35.5. The third-order valence-electron chi connectivity index (χ3n) is 4.38. The van der Waals surface area contributed by atoms with E-state index in [0.717, 1.165) is 0 Å². The van der Waals surface area contributed by atoms with Gasteiger partial charge in [0.15, 0.2) is 11.6 Å². The highest BCUT2D eigenvalue weighted by Gasteiger charge is 2.12. The zero-order chi connectivity index (χ0) is 22.5. The van der Waals surface area contributed by atoms with E-state index in [2.05, 4.69) is 10.3 Å². The maximum atomic E-state index is 12.4. The van der Waals surface area contributed by atoms with Crippen LogP contribution in [0.1, 0.15) is 5.69 Å². The van der Waals surface area contributed by atoms with Crippen molar-refractivity contribution in [2.24, 2.45) is 0 Å². The highest BCUT2D eigenvalue weighted by Crippen LogP contribution is 2.29. The van der Waals surface area contributed by atoms with E-state index in [1.807, 2.05) is 0 Å². The van der Waals surface area contributed by atoms with E-state index >= 15 is 0 Å². The van der Waals surface area contributed by atoms with Crippen LogP contribution in [0.5, 0.6) is 17.2 Å². The molecule has 0 saturated carbocycles. The summed E-state index contributed by atoms with van der Waals surface area (Å²) in [4.78, 5) is 29.5. The lowest BCUT2D eigenvalue weighted by Gasteiger charge is -2.13. The van der Waals surface area contributed by atoms with Crippen LogP contribution in [0.15, 0.2) is 64.9 Å². The second kappa shape index (κ2) is 9.71. The van der Waals surface area contributed by atoms with Crippen LogP contribution < -0.4 is 25.1 Å². The molecular formula is C22H18ClN3O5S. The average Bonchev–Trinajstić information content (AvgIpc) is 3.27. The number of ether oxygens (including phenoxy) is 3. The molecule has 2 heterocycles. The summed E-state index contributed by atoms with van der Waals surface area (Å²) in [5.74, 6) is 1.23. The van der Waals surface area contributed by atoms with E-state index in [-0.39, 0.29) is 24.7 Å². The molecule has 0 aliphatic heterocycles. The topological polar surface area (TPSA) is 91.2 Å². The number of amides is 1. The smallest absolute Gasteiger partial charge is 0.262 e.